The van der Waals surface area contributed by atoms with Gasteiger partial charge in [-0.3, -0.25) is 18.7 Å². The van der Waals surface area contributed by atoms with Crippen molar-refractivity contribution in [2.75, 3.05) is 17.7 Å². The molecule has 1 fully saturated rings. The Hall–Kier alpha value is -2.67. The number of carbonyl (C=O) groups is 1. The van der Waals surface area contributed by atoms with E-state index in [1.807, 2.05) is 0 Å². The number of fused-ring (bicyclic) bond motifs is 1. The van der Waals surface area contributed by atoms with Crippen LogP contribution in [-0.2, 0) is 36.4 Å². The maximum atomic E-state index is 12.6. The minimum absolute atomic E-state index is 0.0159. The standard InChI is InChI=1S/C17H22N7O13P3/c18-17-22-14(21-16(25)9-4-2-1-3-5-9)13-15(23-17)24(8-20-13)12-6-10(35-19)11(34-12)7-33-39(29,30)37-40(31,32)36-38(26,27)28/h1-5,8,10-12H,6-7,19H2,(H,29,30)(H,31,32)(H2,26,27,28)(H3,18,21,22,23,25)/t10-,11-,12-/m1/s1. The van der Waals surface area contributed by atoms with Gasteiger partial charge < -0.3 is 35.4 Å². The SMILES string of the molecule is NO[C@@H]1C[C@H](n2cnc3c(NC(=O)c4ccccc4)nc(N)nc32)O[C@@H]1COP(=O)(O)OP(=O)(O)OP(=O)(O)O. The average Bonchev–Trinajstić information content (AvgIpc) is 3.44. The highest BCUT2D eigenvalue weighted by atomic mass is 31.3. The van der Waals surface area contributed by atoms with Gasteiger partial charge in [-0.25, -0.2) is 24.6 Å². The molecule has 9 N–H and O–H groups in total. The number of carbonyl (C=O) groups excluding carboxylic acids is 1. The van der Waals surface area contributed by atoms with E-state index >= 15 is 0 Å². The van der Waals surface area contributed by atoms with Crippen LogP contribution in [-0.4, -0.2) is 63.8 Å². The number of rotatable bonds is 11. The maximum absolute atomic E-state index is 12.6. The van der Waals surface area contributed by atoms with Crippen molar-refractivity contribution in [1.82, 2.24) is 19.5 Å². The molecular formula is C17H22N7O13P3. The van der Waals surface area contributed by atoms with Crippen LogP contribution < -0.4 is 16.9 Å². The lowest BCUT2D eigenvalue weighted by atomic mass is 10.2. The fourth-order valence-electron chi connectivity index (χ4n) is 3.64. The van der Waals surface area contributed by atoms with Crippen LogP contribution in [0.4, 0.5) is 11.8 Å². The summed E-state index contributed by atoms with van der Waals surface area (Å²) in [5.74, 6) is 4.65. The van der Waals surface area contributed by atoms with Crippen molar-refractivity contribution < 1.29 is 60.8 Å². The number of hydrogen-bond donors (Lipinski definition) is 7. The molecule has 0 saturated carbocycles. The van der Waals surface area contributed by atoms with Gasteiger partial charge in [-0.2, -0.15) is 18.6 Å². The fourth-order valence-corrected chi connectivity index (χ4v) is 6.67. The highest BCUT2D eigenvalue weighted by Gasteiger charge is 2.43. The van der Waals surface area contributed by atoms with Crippen LogP contribution in [0.5, 0.6) is 0 Å². The van der Waals surface area contributed by atoms with Crippen LogP contribution in [0.3, 0.4) is 0 Å². The zero-order valence-electron chi connectivity index (χ0n) is 19.9. The van der Waals surface area contributed by atoms with Gasteiger partial charge in [-0.15, -0.1) is 0 Å². The fraction of sp³-hybridized carbons (Fsp3) is 0.294. The zero-order chi connectivity index (χ0) is 29.3. The molecule has 40 heavy (non-hydrogen) atoms. The number of nitrogens with two attached hydrogens (primary N) is 2. The Bertz CT molecular complexity index is 1530. The van der Waals surface area contributed by atoms with Crippen LogP contribution in [0, 0.1) is 0 Å². The van der Waals surface area contributed by atoms with Gasteiger partial charge in [0.1, 0.15) is 18.4 Å². The van der Waals surface area contributed by atoms with Crippen molar-refractivity contribution in [3.8, 4) is 0 Å². The van der Waals surface area contributed by atoms with Crippen molar-refractivity contribution in [2.45, 2.75) is 24.9 Å². The van der Waals surface area contributed by atoms with E-state index < -0.39 is 54.4 Å². The minimum atomic E-state index is -5.70. The zero-order valence-corrected chi connectivity index (χ0v) is 22.5. The topological polar surface area (TPSA) is 303 Å². The molecule has 0 spiro atoms. The van der Waals surface area contributed by atoms with E-state index in [2.05, 4.69) is 33.4 Å². The van der Waals surface area contributed by atoms with Crippen molar-refractivity contribution in [3.05, 3.63) is 42.2 Å². The molecule has 1 saturated heterocycles. The van der Waals surface area contributed by atoms with Gasteiger partial charge in [0.15, 0.2) is 17.0 Å². The second kappa shape index (κ2) is 11.7. The molecule has 0 aliphatic carbocycles. The molecule has 2 aromatic heterocycles. The molecule has 1 aliphatic heterocycles. The number of nitrogen functional groups attached to an aromatic ring is 1. The van der Waals surface area contributed by atoms with Crippen molar-refractivity contribution in [1.29, 1.82) is 0 Å². The predicted molar refractivity (Wildman–Crippen MR) is 132 cm³/mol. The third-order valence-corrected chi connectivity index (χ3v) is 8.99. The Morgan fingerprint density at radius 3 is 2.45 bits per heavy atom. The van der Waals surface area contributed by atoms with Gasteiger partial charge in [0.2, 0.25) is 5.95 Å². The van der Waals surface area contributed by atoms with Gasteiger partial charge >= 0.3 is 23.5 Å². The number of aromatic nitrogens is 4. The number of imidazole rings is 1. The summed E-state index contributed by atoms with van der Waals surface area (Å²) in [6.45, 7) is -0.801. The second-order valence-electron chi connectivity index (χ2n) is 8.00. The van der Waals surface area contributed by atoms with Crippen molar-refractivity contribution in [3.63, 3.8) is 0 Å². The highest BCUT2D eigenvalue weighted by molar-refractivity contribution is 7.66. The Labute approximate surface area is 223 Å². The highest BCUT2D eigenvalue weighted by Crippen LogP contribution is 2.66. The lowest BCUT2D eigenvalue weighted by molar-refractivity contribution is -0.0600. The first kappa shape index (κ1) is 30.3. The first-order valence-corrected chi connectivity index (χ1v) is 15.3. The summed E-state index contributed by atoms with van der Waals surface area (Å²) in [4.78, 5) is 66.1. The molecule has 1 aliphatic rings. The number of amides is 1. The monoisotopic (exact) mass is 625 g/mol. The number of anilines is 2. The third-order valence-electron chi connectivity index (χ3n) is 5.19. The first-order valence-electron chi connectivity index (χ1n) is 10.8. The largest absolute Gasteiger partial charge is 0.490 e. The Kier molecular flexibility index (Phi) is 8.84. The molecule has 3 aromatic rings. The van der Waals surface area contributed by atoms with Crippen LogP contribution in [0.15, 0.2) is 36.7 Å². The van der Waals surface area contributed by atoms with Crippen LogP contribution >= 0.6 is 23.5 Å². The number of phosphoric ester groups is 1. The second-order valence-corrected chi connectivity index (χ2v) is 12.4. The quantitative estimate of drug-likeness (QED) is 0.113. The molecule has 0 radical (unpaired) electrons. The lowest BCUT2D eigenvalue weighted by Crippen LogP contribution is -2.31. The van der Waals surface area contributed by atoms with Gasteiger partial charge in [0.25, 0.3) is 5.91 Å². The summed E-state index contributed by atoms with van der Waals surface area (Å²) in [6.07, 6.45) is -1.73. The minimum Gasteiger partial charge on any atom is -0.368 e. The third kappa shape index (κ3) is 7.54. The average molecular weight is 625 g/mol. The van der Waals surface area contributed by atoms with Crippen LogP contribution in [0.25, 0.3) is 11.2 Å². The van der Waals surface area contributed by atoms with E-state index in [-0.39, 0.29) is 29.4 Å². The summed E-state index contributed by atoms with van der Waals surface area (Å²) in [5.41, 5.74) is 6.49. The molecule has 0 bridgehead atoms. The van der Waals surface area contributed by atoms with Gasteiger partial charge in [-0.1, -0.05) is 18.2 Å². The number of nitrogens with zero attached hydrogens (tertiary/aromatic N) is 4. The summed E-state index contributed by atoms with van der Waals surface area (Å²) >= 11 is 0. The molecule has 2 unspecified atom stereocenters. The number of hydrogen-bond acceptors (Lipinski definition) is 14. The van der Waals surface area contributed by atoms with Gasteiger partial charge in [0.05, 0.1) is 12.9 Å². The number of ether oxygens (including phenoxy) is 1. The lowest BCUT2D eigenvalue weighted by Gasteiger charge is -2.20. The molecule has 3 heterocycles. The number of phosphoric acid groups is 3. The number of nitrogens with one attached hydrogen (secondary N) is 1. The summed E-state index contributed by atoms with van der Waals surface area (Å²) in [5, 5.41) is 2.62. The van der Waals surface area contributed by atoms with Crippen LogP contribution in [0.1, 0.15) is 23.0 Å². The van der Waals surface area contributed by atoms with E-state index in [9.17, 15) is 28.3 Å². The predicted octanol–water partition coefficient (Wildman–Crippen LogP) is 0.550. The molecule has 1 aromatic carbocycles. The smallest absolute Gasteiger partial charge is 0.368 e. The Morgan fingerprint density at radius 2 is 1.80 bits per heavy atom. The van der Waals surface area contributed by atoms with E-state index in [1.165, 1.54) is 10.9 Å². The molecular weight excluding hydrogens is 603 g/mol. The molecule has 4 rings (SSSR count). The van der Waals surface area contributed by atoms with Crippen molar-refractivity contribution in [2.24, 2.45) is 5.90 Å². The maximum Gasteiger partial charge on any atom is 0.490 e. The first-order chi connectivity index (χ1) is 18.7. The van der Waals surface area contributed by atoms with Gasteiger partial charge in [-0.05, 0) is 12.1 Å². The number of benzene rings is 1. The Balaban J connectivity index is 1.49. The van der Waals surface area contributed by atoms with Crippen molar-refractivity contribution >= 4 is 52.3 Å². The normalized spacial score (nSPS) is 22.6. The molecule has 218 valence electrons. The molecule has 5 atom stereocenters. The van der Waals surface area contributed by atoms with E-state index in [0.29, 0.717) is 5.56 Å². The van der Waals surface area contributed by atoms with Crippen LogP contribution in [0.2, 0.25) is 0 Å². The molecule has 23 heteroatoms. The molecule has 1 amide bonds. The van der Waals surface area contributed by atoms with E-state index in [0.717, 1.165) is 0 Å². The van der Waals surface area contributed by atoms with Gasteiger partial charge in [0, 0.05) is 12.0 Å². The summed E-state index contributed by atoms with van der Waals surface area (Å²) < 4.78 is 53.5. The summed E-state index contributed by atoms with van der Waals surface area (Å²) in [7, 11) is -16.7. The Morgan fingerprint density at radius 1 is 1.10 bits per heavy atom. The van der Waals surface area contributed by atoms with E-state index in [1.54, 1.807) is 30.3 Å². The summed E-state index contributed by atoms with van der Waals surface area (Å²) in [6, 6.07) is 8.30. The molecule has 20 nitrogen and oxygen atoms in total. The van der Waals surface area contributed by atoms with E-state index in [4.69, 9.17) is 31.0 Å².